The summed E-state index contributed by atoms with van der Waals surface area (Å²) in [4.78, 5) is 27.7. The molecule has 1 N–H and O–H groups in total. The number of benzene rings is 2. The fourth-order valence-corrected chi connectivity index (χ4v) is 3.97. The predicted molar refractivity (Wildman–Crippen MR) is 121 cm³/mol. The second-order valence-electron chi connectivity index (χ2n) is 7.82. The van der Waals surface area contributed by atoms with E-state index < -0.39 is 17.2 Å². The number of nitrogens with zero attached hydrogens (tertiary/aromatic N) is 3. The molecule has 0 spiro atoms. The molecule has 6 nitrogen and oxygen atoms in total. The van der Waals surface area contributed by atoms with Gasteiger partial charge in [0.25, 0.3) is 5.91 Å². The van der Waals surface area contributed by atoms with Crippen molar-refractivity contribution in [3.05, 3.63) is 75.6 Å². The number of rotatable bonds is 5. The van der Waals surface area contributed by atoms with Gasteiger partial charge in [0.15, 0.2) is 0 Å². The minimum atomic E-state index is -0.690. The zero-order valence-electron chi connectivity index (χ0n) is 18.0. The molecule has 8 heteroatoms. The molecule has 0 unspecified atom stereocenters. The molecule has 4 rings (SSSR count). The number of fused-ring (bicyclic) bond motifs is 1. The lowest BCUT2D eigenvalue weighted by Gasteiger charge is -2.20. The third-order valence-corrected chi connectivity index (χ3v) is 5.77. The molecule has 32 heavy (non-hydrogen) atoms. The molecule has 1 aliphatic heterocycles. The van der Waals surface area contributed by atoms with Gasteiger partial charge in [0, 0.05) is 31.2 Å². The van der Waals surface area contributed by atoms with Crippen LogP contribution < -0.4 is 15.8 Å². The van der Waals surface area contributed by atoms with Crippen LogP contribution in [-0.2, 0) is 6.54 Å². The standard InChI is InChI=1S/C24H24F2N4O2/c1-3-29-14-19(24(32)28-27-15(2)16-6-8-17(25)9-7-16)23(31)18-12-20(26)22(13-21(18)29)30-10-4-5-11-30/h6-9,12-14H,3-5,10-11H2,1-2H3,(H,28,32)/b27-15+. The summed E-state index contributed by atoms with van der Waals surface area (Å²) < 4.78 is 29.7. The van der Waals surface area contributed by atoms with Gasteiger partial charge < -0.3 is 9.47 Å². The monoisotopic (exact) mass is 438 g/mol. The van der Waals surface area contributed by atoms with Gasteiger partial charge in [-0.25, -0.2) is 14.2 Å². The Labute approximate surface area is 184 Å². The number of carbonyl (C=O) groups is 1. The Balaban J connectivity index is 1.69. The Bertz CT molecular complexity index is 1260. The highest BCUT2D eigenvalue weighted by atomic mass is 19.1. The number of anilines is 1. The molecule has 0 aliphatic carbocycles. The van der Waals surface area contributed by atoms with E-state index in [-0.39, 0.29) is 16.8 Å². The van der Waals surface area contributed by atoms with E-state index in [0.29, 0.717) is 29.0 Å². The van der Waals surface area contributed by atoms with Crippen LogP contribution in [0.2, 0.25) is 0 Å². The van der Waals surface area contributed by atoms with Gasteiger partial charge in [-0.3, -0.25) is 9.59 Å². The Kier molecular flexibility index (Phi) is 6.03. The summed E-state index contributed by atoms with van der Waals surface area (Å²) in [5.41, 5.74) is 3.86. The summed E-state index contributed by atoms with van der Waals surface area (Å²) in [6.07, 6.45) is 3.50. The summed E-state index contributed by atoms with van der Waals surface area (Å²) in [6.45, 7) is 5.62. The highest BCUT2D eigenvalue weighted by molar-refractivity contribution is 6.01. The number of aryl methyl sites for hydroxylation is 1. The van der Waals surface area contributed by atoms with Crippen LogP contribution in [0, 0.1) is 11.6 Å². The number of amides is 1. The van der Waals surface area contributed by atoms with Crippen LogP contribution >= 0.6 is 0 Å². The maximum atomic E-state index is 14.9. The van der Waals surface area contributed by atoms with E-state index in [2.05, 4.69) is 10.5 Å². The Hall–Kier alpha value is -3.55. The van der Waals surface area contributed by atoms with Gasteiger partial charge in [-0.1, -0.05) is 12.1 Å². The number of halogens is 2. The van der Waals surface area contributed by atoms with E-state index >= 15 is 0 Å². The molecule has 166 valence electrons. The van der Waals surface area contributed by atoms with Crippen LogP contribution in [0.3, 0.4) is 0 Å². The average Bonchev–Trinajstić information content (AvgIpc) is 3.32. The third-order valence-electron chi connectivity index (χ3n) is 5.77. The van der Waals surface area contributed by atoms with Crippen molar-refractivity contribution in [3.63, 3.8) is 0 Å². The van der Waals surface area contributed by atoms with Crippen molar-refractivity contribution >= 4 is 28.2 Å². The van der Waals surface area contributed by atoms with Crippen molar-refractivity contribution in [1.82, 2.24) is 9.99 Å². The summed E-state index contributed by atoms with van der Waals surface area (Å²) in [5, 5.41) is 4.18. The van der Waals surface area contributed by atoms with Gasteiger partial charge in [0.05, 0.1) is 16.9 Å². The van der Waals surface area contributed by atoms with Crippen LogP contribution in [0.1, 0.15) is 42.6 Å². The number of hydrogen-bond acceptors (Lipinski definition) is 4. The Morgan fingerprint density at radius 2 is 1.81 bits per heavy atom. The fourth-order valence-electron chi connectivity index (χ4n) is 3.97. The minimum absolute atomic E-state index is 0.122. The maximum absolute atomic E-state index is 14.9. The van der Waals surface area contributed by atoms with Crippen molar-refractivity contribution < 1.29 is 13.6 Å². The first kappa shape index (κ1) is 21.7. The van der Waals surface area contributed by atoms with E-state index in [1.54, 1.807) is 29.7 Å². The van der Waals surface area contributed by atoms with Gasteiger partial charge in [-0.15, -0.1) is 0 Å². The smallest absolute Gasteiger partial charge is 0.276 e. The SMILES string of the molecule is CCn1cc(C(=O)N/N=C(\C)c2ccc(F)cc2)c(=O)c2cc(F)c(N3CCCC3)cc21. The largest absolute Gasteiger partial charge is 0.369 e. The zero-order valence-corrected chi connectivity index (χ0v) is 18.0. The Morgan fingerprint density at radius 3 is 2.47 bits per heavy atom. The molecule has 2 aromatic carbocycles. The van der Waals surface area contributed by atoms with Crippen molar-refractivity contribution in [2.24, 2.45) is 5.10 Å². The lowest BCUT2D eigenvalue weighted by molar-refractivity contribution is 0.0953. The van der Waals surface area contributed by atoms with Crippen molar-refractivity contribution in [2.45, 2.75) is 33.2 Å². The lowest BCUT2D eigenvalue weighted by Crippen LogP contribution is -2.28. The first-order valence-electron chi connectivity index (χ1n) is 10.6. The first-order chi connectivity index (χ1) is 15.4. The third kappa shape index (κ3) is 4.12. The average molecular weight is 438 g/mol. The van der Waals surface area contributed by atoms with Gasteiger partial charge in [-0.2, -0.15) is 5.10 Å². The second kappa shape index (κ2) is 8.90. The van der Waals surface area contributed by atoms with Crippen LogP contribution in [0.15, 0.2) is 52.5 Å². The molecule has 1 aliphatic rings. The molecular formula is C24H24F2N4O2. The summed E-state index contributed by atoms with van der Waals surface area (Å²) in [6, 6.07) is 8.59. The Morgan fingerprint density at radius 1 is 1.12 bits per heavy atom. The zero-order chi connectivity index (χ0) is 22.8. The van der Waals surface area contributed by atoms with E-state index in [1.165, 1.54) is 24.4 Å². The van der Waals surface area contributed by atoms with Gasteiger partial charge >= 0.3 is 0 Å². The van der Waals surface area contributed by atoms with E-state index in [0.717, 1.165) is 25.9 Å². The molecule has 0 saturated carbocycles. The molecule has 1 saturated heterocycles. The van der Waals surface area contributed by atoms with E-state index in [9.17, 15) is 18.4 Å². The molecule has 1 fully saturated rings. The molecule has 0 atom stereocenters. The highest BCUT2D eigenvalue weighted by Crippen LogP contribution is 2.28. The molecule has 2 heterocycles. The number of pyridine rings is 1. The van der Waals surface area contributed by atoms with E-state index in [4.69, 9.17) is 0 Å². The molecule has 0 bridgehead atoms. The topological polar surface area (TPSA) is 66.7 Å². The minimum Gasteiger partial charge on any atom is -0.369 e. The number of nitrogens with one attached hydrogen (secondary N) is 1. The maximum Gasteiger partial charge on any atom is 0.276 e. The second-order valence-corrected chi connectivity index (χ2v) is 7.82. The van der Waals surface area contributed by atoms with Gasteiger partial charge in [-0.05, 0) is 56.5 Å². The highest BCUT2D eigenvalue weighted by Gasteiger charge is 2.21. The van der Waals surface area contributed by atoms with Crippen molar-refractivity contribution in [1.29, 1.82) is 0 Å². The van der Waals surface area contributed by atoms with Crippen molar-refractivity contribution in [2.75, 3.05) is 18.0 Å². The van der Waals surface area contributed by atoms with E-state index in [1.807, 2.05) is 11.8 Å². The molecular weight excluding hydrogens is 414 g/mol. The summed E-state index contributed by atoms with van der Waals surface area (Å²) >= 11 is 0. The normalized spacial score (nSPS) is 14.2. The predicted octanol–water partition coefficient (Wildman–Crippen LogP) is 4.05. The lowest BCUT2D eigenvalue weighted by atomic mass is 10.1. The molecule has 1 aromatic heterocycles. The molecule has 0 radical (unpaired) electrons. The summed E-state index contributed by atoms with van der Waals surface area (Å²) in [5.74, 6) is -1.53. The number of aromatic nitrogens is 1. The number of carbonyl (C=O) groups excluding carboxylic acids is 1. The van der Waals surface area contributed by atoms with Crippen molar-refractivity contribution in [3.8, 4) is 0 Å². The van der Waals surface area contributed by atoms with Crippen LogP contribution in [-0.4, -0.2) is 29.3 Å². The number of hydrazone groups is 1. The first-order valence-corrected chi connectivity index (χ1v) is 10.6. The van der Waals surface area contributed by atoms with Crippen LogP contribution in [0.5, 0.6) is 0 Å². The number of hydrogen-bond donors (Lipinski definition) is 1. The summed E-state index contributed by atoms with van der Waals surface area (Å²) in [7, 11) is 0. The quantitative estimate of drug-likeness (QED) is 0.483. The van der Waals surface area contributed by atoms with Gasteiger partial charge in [0.1, 0.15) is 17.2 Å². The fraction of sp³-hybridized carbons (Fsp3) is 0.292. The van der Waals surface area contributed by atoms with Crippen LogP contribution in [0.25, 0.3) is 10.9 Å². The van der Waals surface area contributed by atoms with Gasteiger partial charge in [0.2, 0.25) is 5.43 Å². The molecule has 3 aromatic rings. The van der Waals surface area contributed by atoms with Crippen LogP contribution in [0.4, 0.5) is 14.5 Å². The molecule has 1 amide bonds.